The molecule has 2 aromatic carbocycles. The summed E-state index contributed by atoms with van der Waals surface area (Å²) in [6.45, 7) is 2.60. The Morgan fingerprint density at radius 2 is 1.85 bits per heavy atom. The Labute approximate surface area is 309 Å². The number of amides is 1. The number of aliphatic carboxylic acids is 1. The van der Waals surface area contributed by atoms with Crippen LogP contribution in [0.1, 0.15) is 72.3 Å². The van der Waals surface area contributed by atoms with Gasteiger partial charge in [0.05, 0.1) is 25.5 Å². The Balaban J connectivity index is 0.000000350. The second-order valence-corrected chi connectivity index (χ2v) is 12.6. The van der Waals surface area contributed by atoms with E-state index in [0.29, 0.717) is 67.7 Å². The van der Waals surface area contributed by atoms with Crippen molar-refractivity contribution in [2.75, 3.05) is 32.1 Å². The Morgan fingerprint density at radius 3 is 2.47 bits per heavy atom. The van der Waals surface area contributed by atoms with Crippen molar-refractivity contribution in [1.29, 1.82) is 0 Å². The summed E-state index contributed by atoms with van der Waals surface area (Å²) >= 11 is 6.13. The molecule has 0 saturated carbocycles. The van der Waals surface area contributed by atoms with Crippen LogP contribution in [0.15, 0.2) is 66.7 Å². The van der Waals surface area contributed by atoms with Crippen molar-refractivity contribution >= 4 is 46.5 Å². The number of allylic oxidation sites excluding steroid dienone is 2. The minimum atomic E-state index is -4.78. The molecule has 0 fully saturated rings. The number of carboxylic acids is 1. The van der Waals surface area contributed by atoms with E-state index in [1.54, 1.807) is 31.2 Å². The Kier molecular flexibility index (Phi) is 14.8. The number of rotatable bonds is 12. The first-order valence-corrected chi connectivity index (χ1v) is 17.2. The van der Waals surface area contributed by atoms with Crippen LogP contribution in [0.5, 0.6) is 5.88 Å². The lowest BCUT2D eigenvalue weighted by atomic mass is 9.84. The van der Waals surface area contributed by atoms with Gasteiger partial charge in [-0.25, -0.2) is 4.98 Å². The third-order valence-electron chi connectivity index (χ3n) is 8.30. The lowest BCUT2D eigenvalue weighted by Crippen LogP contribution is -2.32. The minimum Gasteiger partial charge on any atom is -0.480 e. The quantitative estimate of drug-likeness (QED) is 0.155. The summed E-state index contributed by atoms with van der Waals surface area (Å²) in [6.07, 6.45) is -0.760. The molecule has 1 aliphatic carbocycles. The number of halogens is 4. The predicted octanol–water partition coefficient (Wildman–Crippen LogP) is 6.16. The number of aromatic nitrogens is 2. The van der Waals surface area contributed by atoms with Crippen LogP contribution >= 0.6 is 11.6 Å². The number of carboxylic acid groups (broad SMARTS) is 1. The van der Waals surface area contributed by atoms with Crippen LogP contribution in [0.2, 0.25) is 5.02 Å². The van der Waals surface area contributed by atoms with Gasteiger partial charge in [0.1, 0.15) is 12.6 Å². The number of nitrogen functional groups attached to an aromatic ring is 1. The van der Waals surface area contributed by atoms with Crippen molar-refractivity contribution in [1.82, 2.24) is 15.3 Å². The molecular weight excluding hydrogens is 719 g/mol. The van der Waals surface area contributed by atoms with E-state index in [1.807, 2.05) is 18.2 Å². The number of nitrogens with two attached hydrogens (primary N) is 2. The lowest BCUT2D eigenvalue weighted by molar-refractivity contribution is -0.198. The molecule has 5 rings (SSSR count). The van der Waals surface area contributed by atoms with Gasteiger partial charge >= 0.3 is 18.1 Å². The van der Waals surface area contributed by atoms with E-state index in [1.165, 1.54) is 24.3 Å². The molecule has 1 aliphatic heterocycles. The molecule has 3 atom stereocenters. The fraction of sp³-hybridized carbons (Fsp3) is 0.378. The van der Waals surface area contributed by atoms with Gasteiger partial charge in [0.2, 0.25) is 17.9 Å². The summed E-state index contributed by atoms with van der Waals surface area (Å²) in [5.74, 6) is -2.23. The number of hydrogen-bond donors (Lipinski definition) is 4. The summed E-state index contributed by atoms with van der Waals surface area (Å²) < 4.78 is 58.6. The molecule has 0 spiro atoms. The number of nitrogens with one attached hydrogen (secondary N) is 1. The fourth-order valence-electron chi connectivity index (χ4n) is 5.73. The van der Waals surface area contributed by atoms with Crippen molar-refractivity contribution in [3.8, 4) is 5.88 Å². The summed E-state index contributed by atoms with van der Waals surface area (Å²) in [4.78, 5) is 41.5. The molecule has 2 heterocycles. The van der Waals surface area contributed by atoms with Gasteiger partial charge in [-0.3, -0.25) is 14.4 Å². The number of carbonyl (C=O) groups is 3. The van der Waals surface area contributed by atoms with Crippen molar-refractivity contribution in [2.45, 2.75) is 57.3 Å². The molecule has 0 radical (unpaired) electrons. The van der Waals surface area contributed by atoms with Crippen LogP contribution in [0.25, 0.3) is 11.1 Å². The van der Waals surface area contributed by atoms with Crippen molar-refractivity contribution in [2.24, 2.45) is 11.7 Å². The summed E-state index contributed by atoms with van der Waals surface area (Å²) in [7, 11) is 0. The maximum atomic E-state index is 14.4. The van der Waals surface area contributed by atoms with Gasteiger partial charge in [-0.1, -0.05) is 48.0 Å². The van der Waals surface area contributed by atoms with Crippen molar-refractivity contribution in [3.63, 3.8) is 0 Å². The third-order valence-corrected chi connectivity index (χ3v) is 8.53. The molecule has 284 valence electrons. The highest BCUT2D eigenvalue weighted by molar-refractivity contribution is 6.30. The molecule has 2 aliphatic rings. The SMILES string of the molecule is CCOC(=O)CNC(=O)c1ccccc1.Nc1nc(OC(c2ccc(Cl)cc2C2=CCCOC2)C(F)(F)F)cc(C2=CCC(CC(N)C(=O)O)CC2)n1. The molecule has 3 aromatic rings. The molecule has 16 heteroatoms. The molecule has 6 N–H and O–H groups in total. The molecule has 0 saturated heterocycles. The van der Waals surface area contributed by atoms with E-state index in [4.69, 9.17) is 37.6 Å². The molecule has 1 aromatic heterocycles. The number of ether oxygens (including phenoxy) is 3. The van der Waals surface area contributed by atoms with Crippen molar-refractivity contribution < 1.29 is 46.9 Å². The van der Waals surface area contributed by atoms with Crippen LogP contribution in [-0.2, 0) is 19.1 Å². The van der Waals surface area contributed by atoms with Crippen LogP contribution in [-0.4, -0.2) is 71.5 Å². The molecule has 3 unspecified atom stereocenters. The van der Waals surface area contributed by atoms with Gasteiger partial charge in [0, 0.05) is 22.2 Å². The average Bonchev–Trinajstić information content (AvgIpc) is 3.13. The number of hydrogen-bond acceptors (Lipinski definition) is 10. The molecule has 12 nitrogen and oxygen atoms in total. The highest BCUT2D eigenvalue weighted by Crippen LogP contribution is 2.41. The summed E-state index contributed by atoms with van der Waals surface area (Å²) in [6, 6.07) is 13.2. The van der Waals surface area contributed by atoms with E-state index >= 15 is 0 Å². The van der Waals surface area contributed by atoms with E-state index in [-0.39, 0.29) is 47.4 Å². The van der Waals surface area contributed by atoms with Crippen LogP contribution in [0, 0.1) is 5.92 Å². The second kappa shape index (κ2) is 19.2. The fourth-order valence-corrected chi connectivity index (χ4v) is 5.90. The van der Waals surface area contributed by atoms with Crippen molar-refractivity contribution in [3.05, 3.63) is 94.2 Å². The molecular formula is C37H41ClF3N5O7. The minimum absolute atomic E-state index is 0.0794. The third kappa shape index (κ3) is 12.3. The first-order valence-electron chi connectivity index (χ1n) is 16.9. The van der Waals surface area contributed by atoms with Crippen LogP contribution in [0.4, 0.5) is 19.1 Å². The van der Waals surface area contributed by atoms with E-state index in [0.717, 1.165) is 5.57 Å². The number of anilines is 1. The monoisotopic (exact) mass is 759 g/mol. The number of carbonyl (C=O) groups excluding carboxylic acids is 2. The maximum Gasteiger partial charge on any atom is 0.429 e. The number of esters is 1. The van der Waals surface area contributed by atoms with Gasteiger partial charge in [0.25, 0.3) is 5.91 Å². The zero-order chi connectivity index (χ0) is 38.5. The molecule has 53 heavy (non-hydrogen) atoms. The maximum absolute atomic E-state index is 14.4. The first-order chi connectivity index (χ1) is 25.2. The van der Waals surface area contributed by atoms with Gasteiger partial charge in [0.15, 0.2) is 0 Å². The van der Waals surface area contributed by atoms with E-state index < -0.39 is 30.3 Å². The Bertz CT molecular complexity index is 1810. The zero-order valence-electron chi connectivity index (χ0n) is 28.9. The topological polar surface area (TPSA) is 189 Å². The average molecular weight is 760 g/mol. The van der Waals surface area contributed by atoms with Gasteiger partial charge in [-0.15, -0.1) is 0 Å². The highest BCUT2D eigenvalue weighted by Gasteiger charge is 2.45. The number of benzene rings is 2. The number of alkyl halides is 3. The van der Waals surface area contributed by atoms with Gasteiger partial charge in [-0.2, -0.15) is 18.2 Å². The second-order valence-electron chi connectivity index (χ2n) is 12.2. The molecule has 1 amide bonds. The van der Waals surface area contributed by atoms with Crippen LogP contribution < -0.4 is 21.5 Å². The first kappa shape index (κ1) is 40.8. The standard InChI is InChI=1S/C26H28ClF3N4O4.C11H13NO3/c27-17-7-8-18(19(11-17)16-2-1-9-37-13-16)23(26(28,29)30)38-22-12-21(33-25(32)34-22)15-5-3-14(4-6-15)10-20(31)24(35)36;1-2-15-10(13)8-12-11(14)9-6-4-3-5-7-9/h2,5,7-8,11-12,14,20,23H,1,3-4,6,9-10,13,31H2,(H,35,36)(H2,32,33,34);3-7H,2,8H2,1H3,(H,12,14). The Morgan fingerprint density at radius 1 is 1.09 bits per heavy atom. The van der Waals surface area contributed by atoms with Gasteiger partial charge < -0.3 is 36.1 Å². The van der Waals surface area contributed by atoms with E-state index in [2.05, 4.69) is 20.0 Å². The lowest BCUT2D eigenvalue weighted by Gasteiger charge is -2.26. The Hall–Kier alpha value is -4.99. The largest absolute Gasteiger partial charge is 0.480 e. The zero-order valence-corrected chi connectivity index (χ0v) is 29.7. The smallest absolute Gasteiger partial charge is 0.429 e. The molecule has 0 bridgehead atoms. The summed E-state index contributed by atoms with van der Waals surface area (Å²) in [5.41, 5.74) is 13.9. The number of nitrogens with zero attached hydrogens (tertiary/aromatic N) is 2. The van der Waals surface area contributed by atoms with E-state index in [9.17, 15) is 27.6 Å². The predicted molar refractivity (Wildman–Crippen MR) is 192 cm³/mol. The van der Waals surface area contributed by atoms with Crippen LogP contribution in [0.3, 0.4) is 0 Å². The normalized spacial score (nSPS) is 16.8. The van der Waals surface area contributed by atoms with Gasteiger partial charge in [-0.05, 0) is 85.9 Å². The highest BCUT2D eigenvalue weighted by atomic mass is 35.5. The summed E-state index contributed by atoms with van der Waals surface area (Å²) in [5, 5.41) is 11.8.